The average molecular weight is 364 g/mol. The Morgan fingerprint density at radius 2 is 1.23 bits per heavy atom. The van der Waals surface area contributed by atoms with Gasteiger partial charge in [-0.05, 0) is 23.0 Å². The van der Waals surface area contributed by atoms with Gasteiger partial charge in [-0.2, -0.15) is 0 Å². The fraction of sp³-hybridized carbons (Fsp3) is 0.600. The normalized spacial score (nSPS) is 13.5. The van der Waals surface area contributed by atoms with Crippen LogP contribution in [0.1, 0.15) is 38.8 Å². The van der Waals surface area contributed by atoms with Crippen LogP contribution in [-0.4, -0.2) is 38.2 Å². The number of ether oxygens (including phenoxy) is 2. The summed E-state index contributed by atoms with van der Waals surface area (Å²) in [5.74, 6) is -0.232. The van der Waals surface area contributed by atoms with Gasteiger partial charge >= 0.3 is 11.9 Å². The van der Waals surface area contributed by atoms with Crippen LogP contribution >= 0.6 is 0 Å². The summed E-state index contributed by atoms with van der Waals surface area (Å²) in [5, 5.41) is 6.51. The molecule has 0 radical (unpaired) electrons. The van der Waals surface area contributed by atoms with Crippen LogP contribution in [0.15, 0.2) is 24.3 Å². The number of carbonyl (C=O) groups excluding carboxylic acids is 2. The highest BCUT2D eigenvalue weighted by molar-refractivity contribution is 5.76. The molecule has 0 amide bonds. The maximum absolute atomic E-state index is 11.8. The van der Waals surface area contributed by atoms with E-state index in [0.29, 0.717) is 13.1 Å². The number of esters is 2. The maximum atomic E-state index is 11.8. The fourth-order valence-corrected chi connectivity index (χ4v) is 2.74. The molecule has 1 rings (SSSR count). The van der Waals surface area contributed by atoms with E-state index >= 15 is 0 Å². The Kier molecular flexibility index (Phi) is 9.30. The predicted octanol–water partition coefficient (Wildman–Crippen LogP) is 2.26. The van der Waals surface area contributed by atoms with Crippen molar-refractivity contribution < 1.29 is 19.1 Å². The largest absolute Gasteiger partial charge is 0.468 e. The lowest BCUT2D eigenvalue weighted by Crippen LogP contribution is -2.41. The zero-order chi connectivity index (χ0) is 19.7. The van der Waals surface area contributed by atoms with E-state index in [1.807, 2.05) is 45.9 Å². The van der Waals surface area contributed by atoms with E-state index in [1.165, 1.54) is 14.2 Å². The van der Waals surface area contributed by atoms with E-state index in [2.05, 4.69) is 16.7 Å². The molecule has 6 nitrogen and oxygen atoms in total. The Bertz CT molecular complexity index is 540. The Morgan fingerprint density at radius 3 is 1.54 bits per heavy atom. The van der Waals surface area contributed by atoms with Crippen molar-refractivity contribution in [3.05, 3.63) is 35.4 Å². The van der Waals surface area contributed by atoms with E-state index in [1.54, 1.807) is 0 Å². The molecule has 6 heteroatoms. The summed E-state index contributed by atoms with van der Waals surface area (Å²) in [6, 6.07) is 7.36. The van der Waals surface area contributed by atoms with Gasteiger partial charge in [0.25, 0.3) is 0 Å². The number of hydrogen-bond donors (Lipinski definition) is 2. The monoisotopic (exact) mass is 364 g/mol. The first-order valence-corrected chi connectivity index (χ1v) is 9.00. The summed E-state index contributed by atoms with van der Waals surface area (Å²) in [6.07, 6.45) is 0. The molecule has 2 N–H and O–H groups in total. The van der Waals surface area contributed by atoms with Crippen molar-refractivity contribution in [1.82, 2.24) is 10.6 Å². The molecule has 0 bridgehead atoms. The van der Waals surface area contributed by atoms with Crippen molar-refractivity contribution in [2.45, 2.75) is 52.9 Å². The van der Waals surface area contributed by atoms with Gasteiger partial charge in [-0.3, -0.25) is 9.59 Å². The van der Waals surface area contributed by atoms with Gasteiger partial charge in [0.2, 0.25) is 0 Å². The Labute approximate surface area is 156 Å². The average Bonchev–Trinajstić information content (AvgIpc) is 2.61. The molecule has 26 heavy (non-hydrogen) atoms. The summed E-state index contributed by atoms with van der Waals surface area (Å²) < 4.78 is 9.70. The smallest absolute Gasteiger partial charge is 0.323 e. The molecule has 0 aliphatic rings. The first-order chi connectivity index (χ1) is 12.3. The van der Waals surface area contributed by atoms with Crippen molar-refractivity contribution in [3.63, 3.8) is 0 Å². The summed E-state index contributed by atoms with van der Waals surface area (Å²) in [4.78, 5) is 23.7. The SMILES string of the molecule is COC(=O)[C@@H](NCc1cccc(CN[C@H](C(=O)OC)C(C)C)c1)C(C)C. The molecule has 0 aliphatic carbocycles. The standard InChI is InChI=1S/C20H32N2O4/c1-13(2)17(19(23)25-5)21-11-15-8-7-9-16(10-15)12-22-18(14(3)4)20(24)26-6/h7-10,13-14,17-18,21-22H,11-12H2,1-6H3/t17-,18-/m0/s1. The van der Waals surface area contributed by atoms with Gasteiger partial charge in [0, 0.05) is 13.1 Å². The number of methoxy groups -OCH3 is 2. The second kappa shape index (κ2) is 10.9. The number of benzene rings is 1. The highest BCUT2D eigenvalue weighted by Gasteiger charge is 2.23. The molecule has 0 unspecified atom stereocenters. The summed E-state index contributed by atoms with van der Waals surface area (Å²) >= 11 is 0. The number of carbonyl (C=O) groups is 2. The second-order valence-corrected chi connectivity index (χ2v) is 7.07. The van der Waals surface area contributed by atoms with Crippen LogP contribution in [0.5, 0.6) is 0 Å². The molecule has 0 heterocycles. The molecule has 0 spiro atoms. The molecule has 146 valence electrons. The summed E-state index contributed by atoms with van der Waals surface area (Å²) in [7, 11) is 2.80. The molecule has 1 aromatic carbocycles. The van der Waals surface area contributed by atoms with Crippen LogP contribution in [0.4, 0.5) is 0 Å². The molecule has 0 aliphatic heterocycles. The third-order valence-corrected chi connectivity index (χ3v) is 4.29. The van der Waals surface area contributed by atoms with E-state index in [0.717, 1.165) is 11.1 Å². The fourth-order valence-electron chi connectivity index (χ4n) is 2.74. The van der Waals surface area contributed by atoms with Gasteiger partial charge in [0.15, 0.2) is 0 Å². The van der Waals surface area contributed by atoms with Gasteiger partial charge in [-0.15, -0.1) is 0 Å². The minimum atomic E-state index is -0.341. The van der Waals surface area contributed by atoms with Gasteiger partial charge in [-0.1, -0.05) is 52.0 Å². The quantitative estimate of drug-likeness (QED) is 0.620. The third kappa shape index (κ3) is 6.77. The lowest BCUT2D eigenvalue weighted by Gasteiger charge is -2.21. The maximum Gasteiger partial charge on any atom is 0.323 e. The van der Waals surface area contributed by atoms with E-state index in [-0.39, 0.29) is 35.9 Å². The molecular formula is C20H32N2O4. The zero-order valence-electron chi connectivity index (χ0n) is 16.7. The lowest BCUT2D eigenvalue weighted by atomic mass is 10.0. The van der Waals surface area contributed by atoms with Crippen LogP contribution in [0.2, 0.25) is 0 Å². The lowest BCUT2D eigenvalue weighted by molar-refractivity contribution is -0.145. The Balaban J connectivity index is 2.70. The van der Waals surface area contributed by atoms with Crippen molar-refractivity contribution in [2.75, 3.05) is 14.2 Å². The van der Waals surface area contributed by atoms with Crippen LogP contribution < -0.4 is 10.6 Å². The topological polar surface area (TPSA) is 76.7 Å². The molecule has 2 atom stereocenters. The highest BCUT2D eigenvalue weighted by Crippen LogP contribution is 2.10. The third-order valence-electron chi connectivity index (χ3n) is 4.29. The van der Waals surface area contributed by atoms with Crippen molar-refractivity contribution in [2.24, 2.45) is 11.8 Å². The minimum Gasteiger partial charge on any atom is -0.468 e. The van der Waals surface area contributed by atoms with Crippen molar-refractivity contribution >= 4 is 11.9 Å². The number of hydrogen-bond acceptors (Lipinski definition) is 6. The van der Waals surface area contributed by atoms with Crippen LogP contribution in [-0.2, 0) is 32.2 Å². The Hall–Kier alpha value is -1.92. The van der Waals surface area contributed by atoms with Gasteiger partial charge in [0.1, 0.15) is 12.1 Å². The van der Waals surface area contributed by atoms with Gasteiger partial charge in [0.05, 0.1) is 14.2 Å². The minimum absolute atomic E-state index is 0.138. The molecule has 0 saturated heterocycles. The van der Waals surface area contributed by atoms with Crippen LogP contribution in [0.3, 0.4) is 0 Å². The van der Waals surface area contributed by atoms with Crippen LogP contribution in [0.25, 0.3) is 0 Å². The summed E-state index contributed by atoms with van der Waals surface area (Å²) in [5.41, 5.74) is 2.14. The zero-order valence-corrected chi connectivity index (χ0v) is 16.7. The Morgan fingerprint density at radius 1 is 0.846 bits per heavy atom. The first-order valence-electron chi connectivity index (χ1n) is 9.00. The molecule has 0 saturated carbocycles. The van der Waals surface area contributed by atoms with Gasteiger partial charge < -0.3 is 20.1 Å². The van der Waals surface area contributed by atoms with E-state index < -0.39 is 0 Å². The molecular weight excluding hydrogens is 332 g/mol. The number of nitrogens with one attached hydrogen (secondary N) is 2. The second-order valence-electron chi connectivity index (χ2n) is 7.07. The van der Waals surface area contributed by atoms with E-state index in [9.17, 15) is 9.59 Å². The van der Waals surface area contributed by atoms with Gasteiger partial charge in [-0.25, -0.2) is 0 Å². The van der Waals surface area contributed by atoms with E-state index in [4.69, 9.17) is 9.47 Å². The highest BCUT2D eigenvalue weighted by atomic mass is 16.5. The van der Waals surface area contributed by atoms with Crippen molar-refractivity contribution in [1.29, 1.82) is 0 Å². The molecule has 0 aromatic heterocycles. The molecule has 1 aromatic rings. The summed E-state index contributed by atoms with van der Waals surface area (Å²) in [6.45, 7) is 9.05. The number of rotatable bonds is 10. The van der Waals surface area contributed by atoms with Crippen LogP contribution in [0, 0.1) is 11.8 Å². The van der Waals surface area contributed by atoms with Crippen molar-refractivity contribution in [3.8, 4) is 0 Å². The first kappa shape index (κ1) is 22.1. The molecule has 0 fully saturated rings. The predicted molar refractivity (Wildman–Crippen MR) is 101 cm³/mol.